The quantitative estimate of drug-likeness (QED) is 0.748. The first-order valence-corrected chi connectivity index (χ1v) is 9.63. The van der Waals surface area contributed by atoms with Crippen molar-refractivity contribution in [3.05, 3.63) is 52.8 Å². The van der Waals surface area contributed by atoms with Crippen LogP contribution in [0.1, 0.15) is 30.9 Å². The smallest absolute Gasteiger partial charge is 0.409 e. The van der Waals surface area contributed by atoms with Crippen molar-refractivity contribution in [2.75, 3.05) is 32.6 Å². The Morgan fingerprint density at radius 1 is 1.24 bits per heavy atom. The maximum Gasteiger partial charge on any atom is 0.409 e. The van der Waals surface area contributed by atoms with Crippen LogP contribution in [0.15, 0.2) is 36.5 Å². The van der Waals surface area contributed by atoms with Gasteiger partial charge in [0.15, 0.2) is 0 Å². The van der Waals surface area contributed by atoms with Crippen molar-refractivity contribution in [1.82, 2.24) is 9.88 Å². The van der Waals surface area contributed by atoms with E-state index in [1.807, 2.05) is 24.3 Å². The Morgan fingerprint density at radius 2 is 1.93 bits per heavy atom. The first-order chi connectivity index (χ1) is 13.8. The van der Waals surface area contributed by atoms with Gasteiger partial charge in [-0.05, 0) is 17.0 Å². The summed E-state index contributed by atoms with van der Waals surface area (Å²) in [6, 6.07) is 9.35. The fraction of sp³-hybridized carbons (Fsp3) is 0.381. The first-order valence-electron chi connectivity index (χ1n) is 9.25. The van der Waals surface area contributed by atoms with Crippen LogP contribution >= 0.6 is 11.6 Å². The number of likely N-dealkylation sites (tertiary alicyclic amines) is 1. The van der Waals surface area contributed by atoms with Gasteiger partial charge >= 0.3 is 6.09 Å². The number of anilines is 1. The summed E-state index contributed by atoms with van der Waals surface area (Å²) in [5, 5.41) is 3.17. The lowest BCUT2D eigenvalue weighted by Gasteiger charge is -2.49. The van der Waals surface area contributed by atoms with Gasteiger partial charge < -0.3 is 19.7 Å². The molecule has 1 saturated heterocycles. The number of methoxy groups -OCH3 is 2. The number of amides is 2. The van der Waals surface area contributed by atoms with Crippen molar-refractivity contribution in [3.8, 4) is 5.75 Å². The maximum absolute atomic E-state index is 13.5. The van der Waals surface area contributed by atoms with E-state index >= 15 is 0 Å². The summed E-state index contributed by atoms with van der Waals surface area (Å²) in [6.45, 7) is 4.60. The van der Waals surface area contributed by atoms with E-state index in [4.69, 9.17) is 21.1 Å². The second-order valence-electron chi connectivity index (χ2n) is 7.31. The lowest BCUT2D eigenvalue weighted by molar-refractivity contribution is -0.127. The fourth-order valence-corrected chi connectivity index (χ4v) is 3.80. The molecule has 1 aromatic carbocycles. The highest BCUT2D eigenvalue weighted by Crippen LogP contribution is 2.40. The van der Waals surface area contributed by atoms with Crippen LogP contribution in [-0.4, -0.2) is 49.2 Å². The van der Waals surface area contributed by atoms with Crippen molar-refractivity contribution < 1.29 is 19.1 Å². The lowest BCUT2D eigenvalue weighted by atomic mass is 9.70. The second kappa shape index (κ2) is 8.29. The molecule has 0 spiro atoms. The van der Waals surface area contributed by atoms with Crippen LogP contribution in [0.3, 0.4) is 0 Å². The van der Waals surface area contributed by atoms with Gasteiger partial charge in [0.2, 0.25) is 5.91 Å². The number of carbonyl (C=O) groups is 2. The van der Waals surface area contributed by atoms with Crippen molar-refractivity contribution in [1.29, 1.82) is 0 Å². The van der Waals surface area contributed by atoms with Gasteiger partial charge in [-0.15, -0.1) is 0 Å². The molecule has 8 heteroatoms. The largest absolute Gasteiger partial charge is 0.494 e. The van der Waals surface area contributed by atoms with E-state index in [9.17, 15) is 9.59 Å². The van der Waals surface area contributed by atoms with Crippen LogP contribution in [0.5, 0.6) is 5.75 Å². The summed E-state index contributed by atoms with van der Waals surface area (Å²) in [5.74, 6) is 0.387. The minimum absolute atomic E-state index is 0.217. The number of benzene rings is 1. The molecule has 0 radical (unpaired) electrons. The zero-order valence-corrected chi connectivity index (χ0v) is 17.6. The van der Waals surface area contributed by atoms with Crippen molar-refractivity contribution in [2.24, 2.45) is 0 Å². The summed E-state index contributed by atoms with van der Waals surface area (Å²) >= 11 is 5.92. The minimum Gasteiger partial charge on any atom is -0.494 e. The number of pyridine rings is 1. The summed E-state index contributed by atoms with van der Waals surface area (Å²) in [4.78, 5) is 31.0. The predicted octanol–water partition coefficient (Wildman–Crippen LogP) is 3.83. The number of nitrogens with one attached hydrogen (secondary N) is 1. The summed E-state index contributed by atoms with van der Waals surface area (Å²) in [5.41, 5.74) is 1.47. The molecule has 3 rings (SSSR count). The SMILES string of the molecule is COC(=O)N1CC(C(=O)Nc2cnc(Cl)cc2OC)(c2ccccc2C(C)C)C1. The van der Waals surface area contributed by atoms with Crippen LogP contribution in [0.25, 0.3) is 0 Å². The van der Waals surface area contributed by atoms with Crippen LogP contribution in [0.2, 0.25) is 5.15 Å². The minimum atomic E-state index is -0.903. The number of carbonyl (C=O) groups excluding carboxylic acids is 2. The molecule has 0 unspecified atom stereocenters. The van der Waals surface area contributed by atoms with Crippen LogP contribution in [-0.2, 0) is 14.9 Å². The van der Waals surface area contributed by atoms with Gasteiger partial charge in [-0.25, -0.2) is 9.78 Å². The highest BCUT2D eigenvalue weighted by molar-refractivity contribution is 6.29. The lowest BCUT2D eigenvalue weighted by Crippen LogP contribution is -2.66. The van der Waals surface area contributed by atoms with E-state index in [0.29, 0.717) is 11.4 Å². The zero-order chi connectivity index (χ0) is 21.2. The Hall–Kier alpha value is -2.80. The number of nitrogens with zero attached hydrogens (tertiary/aromatic N) is 2. The number of halogens is 1. The molecule has 0 atom stereocenters. The van der Waals surface area contributed by atoms with Crippen molar-refractivity contribution >= 4 is 29.3 Å². The zero-order valence-electron chi connectivity index (χ0n) is 16.9. The third-order valence-electron chi connectivity index (χ3n) is 5.19. The van der Waals surface area contributed by atoms with Gasteiger partial charge in [-0.3, -0.25) is 4.79 Å². The average molecular weight is 418 g/mol. The highest BCUT2D eigenvalue weighted by atomic mass is 35.5. The highest BCUT2D eigenvalue weighted by Gasteiger charge is 2.54. The monoisotopic (exact) mass is 417 g/mol. The first kappa shape index (κ1) is 20.9. The van der Waals surface area contributed by atoms with Crippen molar-refractivity contribution in [2.45, 2.75) is 25.2 Å². The number of hydrogen-bond donors (Lipinski definition) is 1. The standard InChI is InChI=1S/C21H24ClN3O4/c1-13(2)14-7-5-6-8-15(14)21(11-25(12-21)20(27)29-4)19(26)24-16-10-23-18(22)9-17(16)28-3/h5-10,13H,11-12H2,1-4H3,(H,24,26). The van der Waals surface area contributed by atoms with E-state index in [1.165, 1.54) is 31.4 Å². The molecule has 0 saturated carbocycles. The van der Waals surface area contributed by atoms with Gasteiger partial charge in [0.25, 0.3) is 0 Å². The predicted molar refractivity (Wildman–Crippen MR) is 111 cm³/mol. The normalized spacial score (nSPS) is 14.9. The Kier molecular flexibility index (Phi) is 5.98. The molecule has 2 heterocycles. The van der Waals surface area contributed by atoms with E-state index in [1.54, 1.807) is 0 Å². The molecule has 0 aliphatic carbocycles. The summed E-state index contributed by atoms with van der Waals surface area (Å²) < 4.78 is 10.1. The summed E-state index contributed by atoms with van der Waals surface area (Å²) in [6.07, 6.45) is 0.999. The van der Waals surface area contributed by atoms with Crippen LogP contribution in [0, 0.1) is 0 Å². The molecular weight excluding hydrogens is 394 g/mol. The summed E-state index contributed by atoms with van der Waals surface area (Å²) in [7, 11) is 2.82. The molecule has 0 bridgehead atoms. The van der Waals surface area contributed by atoms with Gasteiger partial charge in [-0.1, -0.05) is 49.7 Å². The molecule has 154 valence electrons. The third-order valence-corrected chi connectivity index (χ3v) is 5.39. The van der Waals surface area contributed by atoms with E-state index < -0.39 is 11.5 Å². The maximum atomic E-state index is 13.5. The van der Waals surface area contributed by atoms with E-state index in [2.05, 4.69) is 24.1 Å². The van der Waals surface area contributed by atoms with Gasteiger partial charge in [0, 0.05) is 19.2 Å². The number of rotatable bonds is 5. The Balaban J connectivity index is 1.99. The molecule has 29 heavy (non-hydrogen) atoms. The van der Waals surface area contributed by atoms with Gasteiger partial charge in [-0.2, -0.15) is 0 Å². The molecular formula is C21H24ClN3O4. The number of aromatic nitrogens is 1. The van der Waals surface area contributed by atoms with E-state index in [-0.39, 0.29) is 30.1 Å². The third kappa shape index (κ3) is 3.87. The van der Waals surface area contributed by atoms with Gasteiger partial charge in [0.1, 0.15) is 22.0 Å². The molecule has 1 aliphatic rings. The topological polar surface area (TPSA) is 80.8 Å². The fourth-order valence-electron chi connectivity index (χ4n) is 3.65. The Bertz CT molecular complexity index is 926. The van der Waals surface area contributed by atoms with Gasteiger partial charge in [0.05, 0.1) is 20.4 Å². The molecule has 2 amide bonds. The molecule has 1 aliphatic heterocycles. The van der Waals surface area contributed by atoms with Crippen molar-refractivity contribution in [3.63, 3.8) is 0 Å². The molecule has 1 N–H and O–H groups in total. The average Bonchev–Trinajstić information content (AvgIpc) is 2.68. The van der Waals surface area contributed by atoms with Crippen LogP contribution < -0.4 is 10.1 Å². The van der Waals surface area contributed by atoms with Crippen LogP contribution in [0.4, 0.5) is 10.5 Å². The Morgan fingerprint density at radius 3 is 2.55 bits per heavy atom. The molecule has 1 fully saturated rings. The second-order valence-corrected chi connectivity index (χ2v) is 7.70. The molecule has 7 nitrogen and oxygen atoms in total. The Labute approximate surface area is 175 Å². The number of hydrogen-bond acceptors (Lipinski definition) is 5. The number of ether oxygens (including phenoxy) is 2. The molecule has 1 aromatic heterocycles. The van der Waals surface area contributed by atoms with E-state index in [0.717, 1.165) is 11.1 Å². The molecule has 2 aromatic rings.